The second-order valence-corrected chi connectivity index (χ2v) is 7.74. The minimum atomic E-state index is -0.524. The molecule has 4 aliphatic rings. The van der Waals surface area contributed by atoms with Crippen molar-refractivity contribution in [1.29, 1.82) is 0 Å². The molecule has 6 rings (SSSR count). The molecule has 0 radical (unpaired) electrons. The first-order valence-electron chi connectivity index (χ1n) is 9.46. The summed E-state index contributed by atoms with van der Waals surface area (Å²) in [6.07, 6.45) is 0.00930. The number of aliphatic hydroxyl groups is 1. The van der Waals surface area contributed by atoms with Crippen LogP contribution in [0, 0.1) is 0 Å². The zero-order valence-electron chi connectivity index (χ0n) is 15.7. The van der Waals surface area contributed by atoms with Crippen molar-refractivity contribution in [2.45, 2.75) is 31.0 Å². The van der Waals surface area contributed by atoms with E-state index in [2.05, 4.69) is 18.0 Å². The van der Waals surface area contributed by atoms with Gasteiger partial charge in [0.1, 0.15) is 0 Å². The Kier molecular flexibility index (Phi) is 3.31. The zero-order chi connectivity index (χ0) is 19.0. The van der Waals surface area contributed by atoms with Gasteiger partial charge in [0.25, 0.3) is 0 Å². The van der Waals surface area contributed by atoms with Crippen molar-refractivity contribution in [2.24, 2.45) is 0 Å². The van der Waals surface area contributed by atoms with Gasteiger partial charge in [-0.3, -0.25) is 4.90 Å². The molecular formula is C21H21NO6. The summed E-state index contributed by atoms with van der Waals surface area (Å²) in [7, 11) is 3.73. The first-order chi connectivity index (χ1) is 13.7. The summed E-state index contributed by atoms with van der Waals surface area (Å²) in [5.74, 6) is 3.54. The lowest BCUT2D eigenvalue weighted by molar-refractivity contribution is 0.0576. The van der Waals surface area contributed by atoms with Crippen LogP contribution in [0.25, 0.3) is 0 Å². The molecule has 1 aliphatic carbocycles. The maximum atomic E-state index is 11.2. The maximum Gasteiger partial charge on any atom is 0.231 e. The number of rotatable bonds is 1. The smallest absolute Gasteiger partial charge is 0.231 e. The van der Waals surface area contributed by atoms with Gasteiger partial charge in [-0.25, -0.2) is 0 Å². The topological polar surface area (TPSA) is 69.6 Å². The van der Waals surface area contributed by atoms with Gasteiger partial charge in [-0.2, -0.15) is 0 Å². The zero-order valence-corrected chi connectivity index (χ0v) is 15.7. The quantitative estimate of drug-likeness (QED) is 0.811. The summed E-state index contributed by atoms with van der Waals surface area (Å²) in [6.45, 7) is 1.13. The average Bonchev–Trinajstić information content (AvgIpc) is 3.35. The Morgan fingerprint density at radius 3 is 2.68 bits per heavy atom. The Morgan fingerprint density at radius 2 is 1.86 bits per heavy atom. The Morgan fingerprint density at radius 1 is 1.07 bits per heavy atom. The molecule has 2 aromatic carbocycles. The van der Waals surface area contributed by atoms with E-state index >= 15 is 0 Å². The van der Waals surface area contributed by atoms with Gasteiger partial charge >= 0.3 is 0 Å². The fourth-order valence-corrected chi connectivity index (χ4v) is 5.26. The van der Waals surface area contributed by atoms with E-state index in [9.17, 15) is 5.11 Å². The summed E-state index contributed by atoms with van der Waals surface area (Å²) < 4.78 is 28.4. The standard InChI is InChI=1S/C21H21NO6/c1-22-7-12-11(3-4-14-19(12)27-8-25-14)17-13(23)5-10-6-15-20(28-9-26-15)21(24-2)16(10)18(17)22/h3-4,6,13,17-18,23H,5,7-9H2,1-2H3/t13-,17-,18+/m1/s1. The highest BCUT2D eigenvalue weighted by molar-refractivity contribution is 5.64. The van der Waals surface area contributed by atoms with E-state index in [1.807, 2.05) is 12.1 Å². The SMILES string of the molecule is COc1c2c(cc3c1[C@H]1[C@H](c4ccc5c(c4CN1C)OCO5)[C@H](O)C3)OCO2. The van der Waals surface area contributed by atoms with Crippen LogP contribution in [0.3, 0.4) is 0 Å². The number of likely N-dealkylation sites (N-methyl/N-ethyl adjacent to an activating group) is 1. The molecule has 3 atom stereocenters. The highest BCUT2D eigenvalue weighted by atomic mass is 16.7. The molecule has 2 aromatic rings. The first kappa shape index (κ1) is 16.3. The fourth-order valence-electron chi connectivity index (χ4n) is 5.26. The van der Waals surface area contributed by atoms with Gasteiger partial charge in [0, 0.05) is 29.6 Å². The van der Waals surface area contributed by atoms with Crippen molar-refractivity contribution in [3.8, 4) is 28.7 Å². The number of aliphatic hydroxyl groups excluding tert-OH is 1. The van der Waals surface area contributed by atoms with Gasteiger partial charge in [-0.15, -0.1) is 0 Å². The van der Waals surface area contributed by atoms with Gasteiger partial charge in [0.05, 0.1) is 13.2 Å². The molecule has 3 aliphatic heterocycles. The van der Waals surface area contributed by atoms with Crippen molar-refractivity contribution in [1.82, 2.24) is 4.90 Å². The van der Waals surface area contributed by atoms with Crippen molar-refractivity contribution in [2.75, 3.05) is 27.7 Å². The summed E-state index contributed by atoms with van der Waals surface area (Å²) in [5, 5.41) is 11.2. The van der Waals surface area contributed by atoms with E-state index in [0.717, 1.165) is 33.8 Å². The molecule has 0 fully saturated rings. The third-order valence-electron chi connectivity index (χ3n) is 6.35. The Bertz CT molecular complexity index is 990. The largest absolute Gasteiger partial charge is 0.492 e. The molecule has 3 heterocycles. The van der Waals surface area contributed by atoms with Crippen LogP contribution in [-0.4, -0.2) is 43.9 Å². The summed E-state index contributed by atoms with van der Waals surface area (Å²) in [5.41, 5.74) is 4.34. The molecule has 28 heavy (non-hydrogen) atoms. The minimum absolute atomic E-state index is 0.0314. The van der Waals surface area contributed by atoms with Gasteiger partial charge in [0.2, 0.25) is 19.3 Å². The second-order valence-electron chi connectivity index (χ2n) is 7.74. The number of hydrogen-bond donors (Lipinski definition) is 1. The monoisotopic (exact) mass is 383 g/mol. The predicted molar refractivity (Wildman–Crippen MR) is 98.3 cm³/mol. The molecule has 0 saturated heterocycles. The molecule has 0 saturated carbocycles. The van der Waals surface area contributed by atoms with E-state index in [0.29, 0.717) is 30.2 Å². The number of nitrogens with zero attached hydrogens (tertiary/aromatic N) is 1. The Labute approximate surface area is 162 Å². The minimum Gasteiger partial charge on any atom is -0.492 e. The van der Waals surface area contributed by atoms with Gasteiger partial charge in [-0.05, 0) is 36.7 Å². The average molecular weight is 383 g/mol. The summed E-state index contributed by atoms with van der Waals surface area (Å²) >= 11 is 0. The molecule has 0 aromatic heterocycles. The summed E-state index contributed by atoms with van der Waals surface area (Å²) in [6, 6.07) is 5.98. The highest BCUT2D eigenvalue weighted by Crippen LogP contribution is 2.57. The van der Waals surface area contributed by atoms with Crippen LogP contribution in [0.15, 0.2) is 18.2 Å². The molecule has 7 nitrogen and oxygen atoms in total. The number of hydrogen-bond acceptors (Lipinski definition) is 7. The van der Waals surface area contributed by atoms with Gasteiger partial charge in [-0.1, -0.05) is 6.07 Å². The number of fused-ring (bicyclic) bond motifs is 8. The molecule has 0 unspecified atom stereocenters. The van der Waals surface area contributed by atoms with Crippen LogP contribution in [0.2, 0.25) is 0 Å². The molecule has 7 heteroatoms. The number of benzene rings is 2. The molecule has 1 N–H and O–H groups in total. The maximum absolute atomic E-state index is 11.2. The van der Waals surface area contributed by atoms with Crippen LogP contribution in [0.5, 0.6) is 28.7 Å². The van der Waals surface area contributed by atoms with Crippen LogP contribution in [0.4, 0.5) is 0 Å². The second kappa shape index (κ2) is 5.68. The van der Waals surface area contributed by atoms with E-state index in [-0.39, 0.29) is 25.5 Å². The molecule has 0 bridgehead atoms. The van der Waals surface area contributed by atoms with Crippen molar-refractivity contribution in [3.05, 3.63) is 40.5 Å². The fraction of sp³-hybridized carbons (Fsp3) is 0.429. The summed E-state index contributed by atoms with van der Waals surface area (Å²) in [4.78, 5) is 2.25. The van der Waals surface area contributed by atoms with Gasteiger partial charge in [0.15, 0.2) is 23.0 Å². The van der Waals surface area contributed by atoms with Crippen molar-refractivity contribution in [3.63, 3.8) is 0 Å². The van der Waals surface area contributed by atoms with Crippen molar-refractivity contribution >= 4 is 0 Å². The predicted octanol–water partition coefficient (Wildman–Crippen LogP) is 2.34. The van der Waals surface area contributed by atoms with Crippen LogP contribution in [0.1, 0.15) is 34.2 Å². The highest BCUT2D eigenvalue weighted by Gasteiger charge is 2.47. The lowest BCUT2D eigenvalue weighted by Gasteiger charge is -2.47. The Hall–Kier alpha value is -2.64. The third kappa shape index (κ3) is 2.00. The van der Waals surface area contributed by atoms with Crippen LogP contribution < -0.4 is 23.7 Å². The van der Waals surface area contributed by atoms with E-state index in [1.165, 1.54) is 0 Å². The van der Waals surface area contributed by atoms with Crippen LogP contribution >= 0.6 is 0 Å². The van der Waals surface area contributed by atoms with Gasteiger partial charge < -0.3 is 28.8 Å². The molecule has 0 spiro atoms. The van der Waals surface area contributed by atoms with Crippen LogP contribution in [-0.2, 0) is 13.0 Å². The molecule has 146 valence electrons. The van der Waals surface area contributed by atoms with E-state index in [1.54, 1.807) is 7.11 Å². The third-order valence-corrected chi connectivity index (χ3v) is 6.35. The number of methoxy groups -OCH3 is 1. The first-order valence-corrected chi connectivity index (χ1v) is 9.46. The van der Waals surface area contributed by atoms with Crippen molar-refractivity contribution < 1.29 is 28.8 Å². The number of ether oxygens (including phenoxy) is 5. The lowest BCUT2D eigenvalue weighted by Crippen LogP contribution is -2.43. The Balaban J connectivity index is 1.57. The molecule has 0 amide bonds. The van der Waals surface area contributed by atoms with E-state index in [4.69, 9.17) is 23.7 Å². The normalized spacial score (nSPS) is 26.5. The van der Waals surface area contributed by atoms with E-state index < -0.39 is 6.10 Å². The molecular weight excluding hydrogens is 362 g/mol. The lowest BCUT2D eigenvalue weighted by atomic mass is 9.70.